The summed E-state index contributed by atoms with van der Waals surface area (Å²) in [6.07, 6.45) is 3.20. The van der Waals surface area contributed by atoms with Crippen LogP contribution in [-0.4, -0.2) is 35.2 Å². The van der Waals surface area contributed by atoms with E-state index in [0.717, 1.165) is 25.3 Å². The Morgan fingerprint density at radius 2 is 2.64 bits per heavy atom. The van der Waals surface area contributed by atoms with Crippen molar-refractivity contribution in [1.29, 1.82) is 0 Å². The van der Waals surface area contributed by atoms with Gasteiger partial charge in [-0.1, -0.05) is 5.21 Å². The van der Waals surface area contributed by atoms with E-state index in [-0.39, 0.29) is 0 Å². The molecule has 2 rings (SSSR count). The predicted molar refractivity (Wildman–Crippen MR) is 51.7 cm³/mol. The van der Waals surface area contributed by atoms with E-state index in [2.05, 4.69) is 15.6 Å². The van der Waals surface area contributed by atoms with E-state index in [0.29, 0.717) is 12.5 Å². The van der Waals surface area contributed by atoms with Crippen LogP contribution in [0.3, 0.4) is 0 Å². The molecule has 1 N–H and O–H groups in total. The molecule has 0 aromatic carbocycles. The van der Waals surface area contributed by atoms with E-state index < -0.39 is 0 Å². The fourth-order valence-corrected chi connectivity index (χ4v) is 1.78. The Kier molecular flexibility index (Phi) is 3.10. The second kappa shape index (κ2) is 4.52. The van der Waals surface area contributed by atoms with Gasteiger partial charge in [-0.05, 0) is 25.4 Å². The number of ether oxygens (including phenoxy) is 1. The zero-order valence-corrected chi connectivity index (χ0v) is 8.44. The van der Waals surface area contributed by atoms with Gasteiger partial charge in [-0.25, -0.2) is 0 Å². The summed E-state index contributed by atoms with van der Waals surface area (Å²) >= 11 is 0. The van der Waals surface area contributed by atoms with Crippen molar-refractivity contribution in [1.82, 2.24) is 20.3 Å². The summed E-state index contributed by atoms with van der Waals surface area (Å²) in [5, 5.41) is 11.4. The van der Waals surface area contributed by atoms with Crippen molar-refractivity contribution in [2.75, 3.05) is 20.2 Å². The Morgan fingerprint density at radius 3 is 3.36 bits per heavy atom. The number of aromatic nitrogens is 3. The molecule has 2 heterocycles. The largest absolute Gasteiger partial charge is 0.378 e. The van der Waals surface area contributed by atoms with E-state index in [9.17, 15) is 0 Å². The molecular weight excluding hydrogens is 180 g/mol. The lowest BCUT2D eigenvalue weighted by Crippen LogP contribution is -2.14. The summed E-state index contributed by atoms with van der Waals surface area (Å²) < 4.78 is 6.89. The van der Waals surface area contributed by atoms with Crippen LogP contribution in [0.25, 0.3) is 0 Å². The molecule has 1 fully saturated rings. The molecule has 5 heteroatoms. The van der Waals surface area contributed by atoms with Gasteiger partial charge >= 0.3 is 0 Å². The maximum atomic E-state index is 4.98. The van der Waals surface area contributed by atoms with Crippen LogP contribution in [0.15, 0.2) is 6.20 Å². The lowest BCUT2D eigenvalue weighted by molar-refractivity contribution is 0.181. The second-order valence-electron chi connectivity index (χ2n) is 3.72. The molecule has 1 aliphatic heterocycles. The van der Waals surface area contributed by atoms with Crippen molar-refractivity contribution in [3.63, 3.8) is 0 Å². The molecule has 0 amide bonds. The monoisotopic (exact) mass is 196 g/mol. The summed E-state index contributed by atoms with van der Waals surface area (Å²) in [6.45, 7) is 3.73. The Balaban J connectivity index is 1.88. The lowest BCUT2D eigenvalue weighted by atomic mass is 10.1. The molecule has 1 aromatic heterocycles. The highest BCUT2D eigenvalue weighted by molar-refractivity contribution is 4.90. The van der Waals surface area contributed by atoms with Gasteiger partial charge in [-0.3, -0.25) is 4.68 Å². The zero-order chi connectivity index (χ0) is 9.80. The number of nitrogens with one attached hydrogen (secondary N) is 1. The Hall–Kier alpha value is -0.940. The van der Waals surface area contributed by atoms with Gasteiger partial charge in [0, 0.05) is 13.7 Å². The molecule has 0 bridgehead atoms. The van der Waals surface area contributed by atoms with Gasteiger partial charge in [0.25, 0.3) is 0 Å². The average molecular weight is 196 g/mol. The molecule has 1 aromatic rings. The first kappa shape index (κ1) is 9.61. The number of rotatable bonds is 4. The minimum atomic E-state index is 0.545. The molecule has 0 aliphatic carbocycles. The second-order valence-corrected chi connectivity index (χ2v) is 3.72. The number of nitrogens with zero attached hydrogens (tertiary/aromatic N) is 3. The van der Waals surface area contributed by atoms with Crippen molar-refractivity contribution in [2.24, 2.45) is 5.92 Å². The standard InChI is InChI=1S/C9H16N4O/c1-14-7-9-6-13(12-11-9)5-8-2-3-10-4-8/h6,8,10H,2-5,7H2,1H3. The van der Waals surface area contributed by atoms with Crippen LogP contribution in [0.1, 0.15) is 12.1 Å². The van der Waals surface area contributed by atoms with Crippen LogP contribution in [-0.2, 0) is 17.9 Å². The van der Waals surface area contributed by atoms with Crippen molar-refractivity contribution in [3.8, 4) is 0 Å². The first-order valence-corrected chi connectivity index (χ1v) is 4.97. The zero-order valence-electron chi connectivity index (χ0n) is 8.44. The molecule has 1 aliphatic rings. The normalized spacial score (nSPS) is 21.6. The lowest BCUT2D eigenvalue weighted by Gasteiger charge is -2.06. The van der Waals surface area contributed by atoms with Crippen LogP contribution in [0.5, 0.6) is 0 Å². The molecule has 0 spiro atoms. The molecule has 1 unspecified atom stereocenters. The molecule has 5 nitrogen and oxygen atoms in total. The maximum Gasteiger partial charge on any atom is 0.108 e. The highest BCUT2D eigenvalue weighted by atomic mass is 16.5. The number of hydrogen-bond donors (Lipinski definition) is 1. The molecule has 0 saturated carbocycles. The average Bonchev–Trinajstić information content (AvgIpc) is 2.79. The maximum absolute atomic E-state index is 4.98. The molecule has 1 saturated heterocycles. The van der Waals surface area contributed by atoms with E-state index in [1.54, 1.807) is 7.11 Å². The summed E-state index contributed by atoms with van der Waals surface area (Å²) in [4.78, 5) is 0. The molecule has 14 heavy (non-hydrogen) atoms. The molecule has 1 atom stereocenters. The van der Waals surface area contributed by atoms with E-state index >= 15 is 0 Å². The minimum Gasteiger partial charge on any atom is -0.378 e. The van der Waals surface area contributed by atoms with Crippen LogP contribution in [0.2, 0.25) is 0 Å². The van der Waals surface area contributed by atoms with Gasteiger partial charge in [-0.2, -0.15) is 0 Å². The van der Waals surface area contributed by atoms with Gasteiger partial charge in [0.05, 0.1) is 12.8 Å². The number of methoxy groups -OCH3 is 1. The van der Waals surface area contributed by atoms with E-state index in [4.69, 9.17) is 4.74 Å². The van der Waals surface area contributed by atoms with Gasteiger partial charge in [0.1, 0.15) is 5.69 Å². The third-order valence-corrected chi connectivity index (χ3v) is 2.49. The van der Waals surface area contributed by atoms with Crippen LogP contribution >= 0.6 is 0 Å². The van der Waals surface area contributed by atoms with Crippen molar-refractivity contribution in [3.05, 3.63) is 11.9 Å². The topological polar surface area (TPSA) is 52.0 Å². The highest BCUT2D eigenvalue weighted by Crippen LogP contribution is 2.09. The Morgan fingerprint density at radius 1 is 1.71 bits per heavy atom. The van der Waals surface area contributed by atoms with E-state index in [1.807, 2.05) is 10.9 Å². The third-order valence-electron chi connectivity index (χ3n) is 2.49. The summed E-state index contributed by atoms with van der Waals surface area (Å²) in [5.41, 5.74) is 0.901. The van der Waals surface area contributed by atoms with Gasteiger partial charge in [0.2, 0.25) is 0 Å². The Bertz CT molecular complexity index is 280. The van der Waals surface area contributed by atoms with Gasteiger partial charge in [-0.15, -0.1) is 5.10 Å². The van der Waals surface area contributed by atoms with Crippen molar-refractivity contribution in [2.45, 2.75) is 19.6 Å². The predicted octanol–water partition coefficient (Wildman–Crippen LogP) is 0.0340. The summed E-state index contributed by atoms with van der Waals surface area (Å²) in [6, 6.07) is 0. The highest BCUT2D eigenvalue weighted by Gasteiger charge is 2.15. The van der Waals surface area contributed by atoms with Gasteiger partial charge in [0.15, 0.2) is 0 Å². The van der Waals surface area contributed by atoms with Crippen LogP contribution in [0, 0.1) is 5.92 Å². The molecular formula is C9H16N4O. The van der Waals surface area contributed by atoms with Crippen LogP contribution < -0.4 is 5.32 Å². The van der Waals surface area contributed by atoms with E-state index in [1.165, 1.54) is 6.42 Å². The van der Waals surface area contributed by atoms with Crippen molar-refractivity contribution >= 4 is 0 Å². The molecule has 78 valence electrons. The van der Waals surface area contributed by atoms with Crippen molar-refractivity contribution < 1.29 is 4.74 Å². The Labute approximate surface area is 83.4 Å². The fourth-order valence-electron chi connectivity index (χ4n) is 1.78. The SMILES string of the molecule is COCc1cn(CC2CCNC2)nn1. The quantitative estimate of drug-likeness (QED) is 0.738. The smallest absolute Gasteiger partial charge is 0.108 e. The first-order chi connectivity index (χ1) is 6.88. The number of hydrogen-bond acceptors (Lipinski definition) is 4. The summed E-state index contributed by atoms with van der Waals surface area (Å²) in [7, 11) is 1.67. The minimum absolute atomic E-state index is 0.545. The summed E-state index contributed by atoms with van der Waals surface area (Å²) in [5.74, 6) is 0.701. The first-order valence-electron chi connectivity index (χ1n) is 4.97. The van der Waals surface area contributed by atoms with Crippen LogP contribution in [0.4, 0.5) is 0 Å². The molecule has 0 radical (unpaired) electrons. The third kappa shape index (κ3) is 2.30. The van der Waals surface area contributed by atoms with Gasteiger partial charge < -0.3 is 10.1 Å². The fraction of sp³-hybridized carbons (Fsp3) is 0.778.